The monoisotopic (exact) mass is 508 g/mol. The van der Waals surface area contributed by atoms with E-state index in [4.69, 9.17) is 0 Å². The van der Waals surface area contributed by atoms with E-state index in [1.807, 2.05) is 18.2 Å². The van der Waals surface area contributed by atoms with Gasteiger partial charge < -0.3 is 24.0 Å². The van der Waals surface area contributed by atoms with Crippen LogP contribution in [-0.4, -0.2) is 18.5 Å². The summed E-state index contributed by atoms with van der Waals surface area (Å²) in [5.74, 6) is 0.0592. The van der Waals surface area contributed by atoms with Crippen molar-refractivity contribution in [1.82, 2.24) is 0 Å². The second-order valence-corrected chi connectivity index (χ2v) is 10.9. The molecule has 28 heavy (non-hydrogen) atoms. The van der Waals surface area contributed by atoms with E-state index >= 15 is 0 Å². The fourth-order valence-electron chi connectivity index (χ4n) is 4.38. The Morgan fingerprint density at radius 2 is 0.929 bits per heavy atom. The van der Waals surface area contributed by atoms with Crippen molar-refractivity contribution >= 4 is 23.2 Å². The summed E-state index contributed by atoms with van der Waals surface area (Å²) in [5.41, 5.74) is 0. The van der Waals surface area contributed by atoms with E-state index in [9.17, 15) is 8.78 Å². The molecule has 1 fully saturated rings. The molecule has 0 aliphatic heterocycles. The third kappa shape index (κ3) is 4.16. The largest absolute Gasteiger partial charge is 1.00 e. The summed E-state index contributed by atoms with van der Waals surface area (Å²) in [6.45, 7) is 0. The molecule has 4 rings (SSSR count). The van der Waals surface area contributed by atoms with Crippen LogP contribution < -0.4 is 39.9 Å². The SMILES string of the molecule is F[C@@H]1C[C@H](C[P+](c2ccccc2)(c2ccccc2)c2ccccc2)C[C@@H]1F.[I-]. The number of hydrogen-bond acceptors (Lipinski definition) is 0. The lowest BCUT2D eigenvalue weighted by molar-refractivity contribution is -0.00000661. The fraction of sp³-hybridized carbons (Fsp3) is 0.250. The lowest BCUT2D eigenvalue weighted by atomic mass is 10.1. The minimum atomic E-state index is -1.99. The maximum atomic E-state index is 14.0. The van der Waals surface area contributed by atoms with Crippen molar-refractivity contribution in [3.8, 4) is 0 Å². The van der Waals surface area contributed by atoms with Crippen LogP contribution in [0.5, 0.6) is 0 Å². The fourth-order valence-corrected chi connectivity index (χ4v) is 9.02. The minimum Gasteiger partial charge on any atom is -1.00 e. The molecule has 0 spiro atoms. The van der Waals surface area contributed by atoms with Gasteiger partial charge in [0.05, 0.1) is 6.16 Å². The average molecular weight is 508 g/mol. The summed E-state index contributed by atoms with van der Waals surface area (Å²) in [5, 5.41) is 3.83. The van der Waals surface area contributed by atoms with Crippen molar-refractivity contribution in [2.24, 2.45) is 5.92 Å². The van der Waals surface area contributed by atoms with Gasteiger partial charge >= 0.3 is 0 Å². The Hall–Kier alpha value is -1.32. The summed E-state index contributed by atoms with van der Waals surface area (Å²) in [7, 11) is -1.99. The van der Waals surface area contributed by atoms with Gasteiger partial charge in [0, 0.05) is 0 Å². The Kier molecular flexibility index (Phi) is 7.22. The van der Waals surface area contributed by atoms with Gasteiger partial charge in [-0.15, -0.1) is 0 Å². The second kappa shape index (κ2) is 9.45. The molecule has 1 saturated carbocycles. The second-order valence-electron chi connectivity index (χ2n) is 7.37. The zero-order valence-corrected chi connectivity index (χ0v) is 18.6. The maximum absolute atomic E-state index is 14.0. The summed E-state index contributed by atoms with van der Waals surface area (Å²) in [6.07, 6.45) is -1.17. The molecule has 0 nitrogen and oxygen atoms in total. The molecular formula is C24H24F2IP. The first-order chi connectivity index (χ1) is 13.2. The van der Waals surface area contributed by atoms with E-state index in [1.54, 1.807) is 0 Å². The van der Waals surface area contributed by atoms with Crippen LogP contribution in [0.15, 0.2) is 91.0 Å². The highest BCUT2D eigenvalue weighted by atomic mass is 127. The molecule has 0 heterocycles. The molecule has 0 aromatic heterocycles. The first-order valence-corrected chi connectivity index (χ1v) is 11.5. The third-order valence-electron chi connectivity index (χ3n) is 5.63. The van der Waals surface area contributed by atoms with Crippen LogP contribution in [0.3, 0.4) is 0 Å². The highest BCUT2D eigenvalue weighted by molar-refractivity contribution is 7.95. The standard InChI is InChI=1S/C24H24F2P.HI/c25-23-16-19(17-24(23)26)18-27(20-10-4-1-5-11-20,21-12-6-2-7-13-21)22-14-8-3-9-15-22;/h1-15,19,23-24H,16-18H2;1H/q+1;/p-1/t19-,23+,24-;. The van der Waals surface area contributed by atoms with Crippen molar-refractivity contribution in [3.05, 3.63) is 91.0 Å². The predicted molar refractivity (Wildman–Crippen MR) is 113 cm³/mol. The summed E-state index contributed by atoms with van der Waals surface area (Å²) < 4.78 is 28.0. The molecule has 0 amide bonds. The van der Waals surface area contributed by atoms with Gasteiger partial charge in [-0.3, -0.25) is 0 Å². The van der Waals surface area contributed by atoms with Gasteiger partial charge in [-0.25, -0.2) is 8.78 Å². The van der Waals surface area contributed by atoms with Crippen molar-refractivity contribution in [1.29, 1.82) is 0 Å². The lowest BCUT2D eigenvalue weighted by Gasteiger charge is -2.29. The van der Waals surface area contributed by atoms with E-state index < -0.39 is 19.6 Å². The van der Waals surface area contributed by atoms with Crippen LogP contribution in [0.1, 0.15) is 12.8 Å². The Balaban J connectivity index is 0.00000225. The smallest absolute Gasteiger partial charge is 0.132 e. The third-order valence-corrected chi connectivity index (χ3v) is 10.2. The highest BCUT2D eigenvalue weighted by Gasteiger charge is 2.49. The van der Waals surface area contributed by atoms with Gasteiger partial charge in [0.1, 0.15) is 35.5 Å². The molecule has 3 atom stereocenters. The van der Waals surface area contributed by atoms with Crippen LogP contribution >= 0.6 is 7.26 Å². The van der Waals surface area contributed by atoms with E-state index in [-0.39, 0.29) is 29.9 Å². The predicted octanol–water partition coefficient (Wildman–Crippen LogP) is 2.07. The summed E-state index contributed by atoms with van der Waals surface area (Å²) in [4.78, 5) is 0. The normalized spacial score (nSPS) is 21.9. The number of hydrogen-bond donors (Lipinski definition) is 0. The molecule has 3 aromatic carbocycles. The Bertz CT molecular complexity index is 751. The van der Waals surface area contributed by atoms with Gasteiger partial charge in [-0.1, -0.05) is 54.6 Å². The number of alkyl halides is 2. The Morgan fingerprint density at radius 3 is 1.25 bits per heavy atom. The first-order valence-electron chi connectivity index (χ1n) is 9.53. The van der Waals surface area contributed by atoms with Crippen LogP contribution in [-0.2, 0) is 0 Å². The van der Waals surface area contributed by atoms with Gasteiger partial charge in [-0.2, -0.15) is 0 Å². The molecule has 1 aliphatic rings. The number of benzene rings is 3. The summed E-state index contributed by atoms with van der Waals surface area (Å²) in [6, 6.07) is 31.6. The van der Waals surface area contributed by atoms with E-state index in [1.165, 1.54) is 15.9 Å². The molecule has 0 N–H and O–H groups in total. The molecule has 0 saturated heterocycles. The van der Waals surface area contributed by atoms with Crippen LogP contribution in [0.2, 0.25) is 0 Å². The van der Waals surface area contributed by atoms with Crippen LogP contribution in [0.25, 0.3) is 0 Å². The van der Waals surface area contributed by atoms with E-state index in [0.29, 0.717) is 12.8 Å². The molecule has 4 heteroatoms. The topological polar surface area (TPSA) is 0 Å². The first kappa shape index (κ1) is 21.4. The molecule has 0 unspecified atom stereocenters. The van der Waals surface area contributed by atoms with Gasteiger partial charge in [-0.05, 0) is 55.2 Å². The highest BCUT2D eigenvalue weighted by Crippen LogP contribution is 2.58. The van der Waals surface area contributed by atoms with Crippen LogP contribution in [0.4, 0.5) is 8.78 Å². The molecule has 3 aromatic rings. The van der Waals surface area contributed by atoms with Gasteiger partial charge in [0.25, 0.3) is 0 Å². The van der Waals surface area contributed by atoms with Crippen molar-refractivity contribution in [2.45, 2.75) is 25.2 Å². The molecule has 0 radical (unpaired) electrons. The molecule has 1 aliphatic carbocycles. The Morgan fingerprint density at radius 1 is 0.607 bits per heavy atom. The zero-order valence-electron chi connectivity index (χ0n) is 15.6. The van der Waals surface area contributed by atoms with Crippen molar-refractivity contribution in [2.75, 3.05) is 6.16 Å². The van der Waals surface area contributed by atoms with E-state index in [2.05, 4.69) is 72.8 Å². The maximum Gasteiger partial charge on any atom is 0.132 e. The van der Waals surface area contributed by atoms with Crippen LogP contribution in [0, 0.1) is 5.92 Å². The Labute approximate surface area is 183 Å². The zero-order chi connectivity index (χ0) is 18.7. The van der Waals surface area contributed by atoms with Gasteiger partial charge in [0.15, 0.2) is 0 Å². The molecule has 0 bridgehead atoms. The van der Waals surface area contributed by atoms with Gasteiger partial charge in [0.2, 0.25) is 0 Å². The number of halogens is 3. The molecular weight excluding hydrogens is 484 g/mol. The van der Waals surface area contributed by atoms with Crippen molar-refractivity contribution < 1.29 is 32.8 Å². The van der Waals surface area contributed by atoms with E-state index in [0.717, 1.165) is 6.16 Å². The number of rotatable bonds is 5. The minimum absolute atomic E-state index is 0. The summed E-state index contributed by atoms with van der Waals surface area (Å²) >= 11 is 0. The molecule has 146 valence electrons. The van der Waals surface area contributed by atoms with Crippen molar-refractivity contribution in [3.63, 3.8) is 0 Å². The lowest BCUT2D eigenvalue weighted by Crippen LogP contribution is -3.00. The average Bonchev–Trinajstić information content (AvgIpc) is 3.05. The quantitative estimate of drug-likeness (QED) is 0.366.